The van der Waals surface area contributed by atoms with Crippen molar-refractivity contribution in [3.05, 3.63) is 11.7 Å². The number of aromatic nitrogens is 2. The molecule has 2 rings (SSSR count). The van der Waals surface area contributed by atoms with Gasteiger partial charge in [-0.1, -0.05) is 19.0 Å². The highest BCUT2D eigenvalue weighted by Gasteiger charge is 2.10. The molecule has 0 radical (unpaired) electrons. The second-order valence-electron chi connectivity index (χ2n) is 5.95. The van der Waals surface area contributed by atoms with Crippen LogP contribution in [0, 0.1) is 0 Å². The molecular weight excluding hydrogens is 296 g/mol. The number of aliphatic imine (C=N–C) groups is 1. The number of nitrogens with two attached hydrogens (primary N) is 1. The van der Waals surface area contributed by atoms with E-state index in [2.05, 4.69) is 25.3 Å². The van der Waals surface area contributed by atoms with E-state index in [1.165, 1.54) is 0 Å². The van der Waals surface area contributed by atoms with E-state index >= 15 is 0 Å². The maximum Gasteiger partial charge on any atom is 0.228 e. The highest BCUT2D eigenvalue weighted by atomic mass is 16.5. The minimum absolute atomic E-state index is 0.276. The van der Waals surface area contributed by atoms with Crippen molar-refractivity contribution in [3.63, 3.8) is 0 Å². The van der Waals surface area contributed by atoms with Crippen molar-refractivity contribution in [3.8, 4) is 0 Å². The summed E-state index contributed by atoms with van der Waals surface area (Å²) in [6.07, 6.45) is 1.65. The summed E-state index contributed by atoms with van der Waals surface area (Å²) in [5.41, 5.74) is 5.85. The van der Waals surface area contributed by atoms with Gasteiger partial charge in [0.05, 0.1) is 13.2 Å². The first-order valence-electron chi connectivity index (χ1n) is 8.31. The molecule has 3 N–H and O–H groups in total. The van der Waals surface area contributed by atoms with Crippen LogP contribution < -0.4 is 11.1 Å². The third kappa shape index (κ3) is 6.54. The van der Waals surface area contributed by atoms with Gasteiger partial charge in [-0.05, 0) is 6.42 Å². The van der Waals surface area contributed by atoms with E-state index in [1.54, 1.807) is 0 Å². The lowest BCUT2D eigenvalue weighted by atomic mass is 10.2. The highest BCUT2D eigenvalue weighted by Crippen LogP contribution is 2.09. The quantitative estimate of drug-likeness (QED) is 0.404. The van der Waals surface area contributed by atoms with E-state index in [1.807, 2.05) is 13.8 Å². The summed E-state index contributed by atoms with van der Waals surface area (Å²) >= 11 is 0. The van der Waals surface area contributed by atoms with Gasteiger partial charge in [-0.3, -0.25) is 9.89 Å². The number of nitrogens with one attached hydrogen (secondary N) is 1. The van der Waals surface area contributed by atoms with E-state index in [-0.39, 0.29) is 5.92 Å². The SMILES string of the molecule is CC(C)c1noc(CCNC(N)=NCCCN2CCOCC2)n1. The summed E-state index contributed by atoms with van der Waals surface area (Å²) in [5, 5.41) is 7.00. The lowest BCUT2D eigenvalue weighted by Gasteiger charge is -2.26. The van der Waals surface area contributed by atoms with Gasteiger partial charge in [0, 0.05) is 45.1 Å². The number of morpholine rings is 1. The Morgan fingerprint density at radius 1 is 1.39 bits per heavy atom. The number of ether oxygens (including phenoxy) is 1. The van der Waals surface area contributed by atoms with Crippen molar-refractivity contribution < 1.29 is 9.26 Å². The molecule has 0 aliphatic carbocycles. The Balaban J connectivity index is 1.57. The second-order valence-corrected chi connectivity index (χ2v) is 5.95. The van der Waals surface area contributed by atoms with Crippen molar-refractivity contribution in [1.29, 1.82) is 0 Å². The first-order chi connectivity index (χ1) is 11.1. The molecule has 1 aromatic heterocycles. The van der Waals surface area contributed by atoms with Crippen LogP contribution in [-0.2, 0) is 11.2 Å². The first kappa shape index (κ1) is 17.7. The third-order valence-electron chi connectivity index (χ3n) is 3.66. The van der Waals surface area contributed by atoms with Crippen LogP contribution in [0.25, 0.3) is 0 Å². The van der Waals surface area contributed by atoms with Crippen molar-refractivity contribution in [2.24, 2.45) is 10.7 Å². The first-order valence-corrected chi connectivity index (χ1v) is 8.31. The van der Waals surface area contributed by atoms with Crippen LogP contribution >= 0.6 is 0 Å². The molecule has 1 aromatic rings. The Kier molecular flexibility index (Phi) is 7.28. The van der Waals surface area contributed by atoms with Gasteiger partial charge in [-0.25, -0.2) is 0 Å². The van der Waals surface area contributed by atoms with E-state index in [0.717, 1.165) is 51.6 Å². The zero-order valence-corrected chi connectivity index (χ0v) is 14.1. The second kappa shape index (κ2) is 9.46. The van der Waals surface area contributed by atoms with Crippen LogP contribution in [0.3, 0.4) is 0 Å². The monoisotopic (exact) mass is 324 g/mol. The predicted octanol–water partition coefficient (Wildman–Crippen LogP) is 0.362. The molecule has 0 atom stereocenters. The minimum Gasteiger partial charge on any atom is -0.379 e. The van der Waals surface area contributed by atoms with Crippen molar-refractivity contribution in [2.45, 2.75) is 32.6 Å². The summed E-state index contributed by atoms with van der Waals surface area (Å²) in [4.78, 5) is 11.0. The van der Waals surface area contributed by atoms with Gasteiger partial charge in [0.2, 0.25) is 5.89 Å². The molecule has 2 heterocycles. The molecule has 0 spiro atoms. The molecular formula is C15H28N6O2. The molecule has 23 heavy (non-hydrogen) atoms. The summed E-state index contributed by atoms with van der Waals surface area (Å²) in [6.45, 7) is 10.2. The topological polar surface area (TPSA) is 102 Å². The van der Waals surface area contributed by atoms with Gasteiger partial charge in [-0.15, -0.1) is 0 Å². The van der Waals surface area contributed by atoms with Crippen LogP contribution in [-0.4, -0.2) is 66.9 Å². The zero-order chi connectivity index (χ0) is 16.5. The van der Waals surface area contributed by atoms with Gasteiger partial charge < -0.3 is 20.3 Å². The third-order valence-corrected chi connectivity index (χ3v) is 3.66. The van der Waals surface area contributed by atoms with Crippen LogP contribution in [0.2, 0.25) is 0 Å². The summed E-state index contributed by atoms with van der Waals surface area (Å²) in [5.74, 6) is 2.11. The average Bonchev–Trinajstić information content (AvgIpc) is 3.02. The maximum absolute atomic E-state index is 5.85. The Morgan fingerprint density at radius 3 is 2.87 bits per heavy atom. The van der Waals surface area contributed by atoms with Crippen LogP contribution in [0.5, 0.6) is 0 Å². The molecule has 0 amide bonds. The molecule has 0 unspecified atom stereocenters. The Hall–Kier alpha value is -1.67. The molecule has 8 heteroatoms. The highest BCUT2D eigenvalue weighted by molar-refractivity contribution is 5.77. The van der Waals surface area contributed by atoms with Crippen molar-refractivity contribution >= 4 is 5.96 Å². The van der Waals surface area contributed by atoms with Crippen LogP contribution in [0.4, 0.5) is 0 Å². The summed E-state index contributed by atoms with van der Waals surface area (Å²) in [7, 11) is 0. The number of nitrogens with zero attached hydrogens (tertiary/aromatic N) is 4. The summed E-state index contributed by atoms with van der Waals surface area (Å²) < 4.78 is 10.5. The smallest absolute Gasteiger partial charge is 0.228 e. The number of hydrogen-bond donors (Lipinski definition) is 2. The fourth-order valence-corrected chi connectivity index (χ4v) is 2.28. The molecule has 8 nitrogen and oxygen atoms in total. The molecule has 1 aliphatic heterocycles. The van der Waals surface area contributed by atoms with Gasteiger partial charge in [0.25, 0.3) is 0 Å². The fraction of sp³-hybridized carbons (Fsp3) is 0.800. The van der Waals surface area contributed by atoms with Gasteiger partial charge in [-0.2, -0.15) is 4.98 Å². The van der Waals surface area contributed by atoms with Gasteiger partial charge >= 0.3 is 0 Å². The summed E-state index contributed by atoms with van der Waals surface area (Å²) in [6, 6.07) is 0. The Morgan fingerprint density at radius 2 is 2.17 bits per heavy atom. The van der Waals surface area contributed by atoms with E-state index in [0.29, 0.717) is 24.8 Å². The molecule has 0 bridgehead atoms. The standard InChI is InChI=1S/C15H28N6O2/c1-12(2)14-19-13(23-20-14)4-6-18-15(16)17-5-3-7-21-8-10-22-11-9-21/h12H,3-11H2,1-2H3,(H3,16,17,18). The minimum atomic E-state index is 0.276. The predicted molar refractivity (Wildman–Crippen MR) is 88.5 cm³/mol. The molecule has 1 fully saturated rings. The lowest BCUT2D eigenvalue weighted by Crippen LogP contribution is -2.37. The van der Waals surface area contributed by atoms with Crippen LogP contribution in [0.15, 0.2) is 9.52 Å². The average molecular weight is 324 g/mol. The maximum atomic E-state index is 5.85. The molecule has 0 saturated carbocycles. The normalized spacial score (nSPS) is 16.9. The molecule has 1 saturated heterocycles. The zero-order valence-electron chi connectivity index (χ0n) is 14.1. The van der Waals surface area contributed by atoms with E-state index in [4.69, 9.17) is 15.0 Å². The molecule has 130 valence electrons. The largest absolute Gasteiger partial charge is 0.379 e. The van der Waals surface area contributed by atoms with Crippen molar-refractivity contribution in [1.82, 2.24) is 20.4 Å². The number of guanidine groups is 1. The lowest BCUT2D eigenvalue weighted by molar-refractivity contribution is 0.0377. The Labute approximate surface area is 137 Å². The Bertz CT molecular complexity index is 482. The molecule has 0 aromatic carbocycles. The van der Waals surface area contributed by atoms with Gasteiger partial charge in [0.1, 0.15) is 0 Å². The van der Waals surface area contributed by atoms with Gasteiger partial charge in [0.15, 0.2) is 11.8 Å². The number of rotatable bonds is 8. The van der Waals surface area contributed by atoms with Crippen molar-refractivity contribution in [2.75, 3.05) is 45.9 Å². The van der Waals surface area contributed by atoms with E-state index in [9.17, 15) is 0 Å². The fourth-order valence-electron chi connectivity index (χ4n) is 2.28. The van der Waals surface area contributed by atoms with E-state index < -0.39 is 0 Å². The molecule has 1 aliphatic rings. The number of hydrogen-bond acceptors (Lipinski definition) is 6. The van der Waals surface area contributed by atoms with Crippen LogP contribution in [0.1, 0.15) is 37.9 Å².